The zero-order chi connectivity index (χ0) is 14.7. The van der Waals surface area contributed by atoms with Gasteiger partial charge in [0.2, 0.25) is 0 Å². The minimum atomic E-state index is 0.194. The molecule has 1 saturated carbocycles. The second-order valence-electron chi connectivity index (χ2n) is 5.62. The Labute approximate surface area is 125 Å². The molecule has 3 N–H and O–H groups in total. The van der Waals surface area contributed by atoms with Gasteiger partial charge in [-0.3, -0.25) is 0 Å². The summed E-state index contributed by atoms with van der Waals surface area (Å²) >= 11 is 1.62. The van der Waals surface area contributed by atoms with Crippen LogP contribution >= 0.6 is 11.8 Å². The summed E-state index contributed by atoms with van der Waals surface area (Å²) < 4.78 is 0. The highest BCUT2D eigenvalue weighted by molar-refractivity contribution is 7.98. The lowest BCUT2D eigenvalue weighted by Gasteiger charge is -2.29. The molecule has 0 atom stereocenters. The zero-order valence-electron chi connectivity index (χ0n) is 12.3. The van der Waals surface area contributed by atoms with E-state index in [-0.39, 0.29) is 5.84 Å². The molecule has 110 valence electrons. The van der Waals surface area contributed by atoms with Crippen LogP contribution in [-0.4, -0.2) is 29.9 Å². The van der Waals surface area contributed by atoms with E-state index < -0.39 is 0 Å². The van der Waals surface area contributed by atoms with Gasteiger partial charge in [0.15, 0.2) is 5.84 Å². The van der Waals surface area contributed by atoms with Crippen LogP contribution in [0.1, 0.15) is 32.3 Å². The molecule has 0 spiro atoms. The summed E-state index contributed by atoms with van der Waals surface area (Å²) in [7, 11) is 0. The molecular weight excluding hydrogens is 270 g/mol. The van der Waals surface area contributed by atoms with Crippen molar-refractivity contribution in [1.82, 2.24) is 0 Å². The highest BCUT2D eigenvalue weighted by Gasteiger charge is 2.31. The molecule has 2 rings (SSSR count). The van der Waals surface area contributed by atoms with Crippen molar-refractivity contribution in [3.63, 3.8) is 0 Å². The number of amidine groups is 1. The van der Waals surface area contributed by atoms with Crippen molar-refractivity contribution < 1.29 is 5.21 Å². The first-order valence-corrected chi connectivity index (χ1v) is 8.22. The number of nitrogens with two attached hydrogens (primary N) is 1. The lowest BCUT2D eigenvalue weighted by molar-refractivity contribution is 0.318. The molecule has 20 heavy (non-hydrogen) atoms. The Morgan fingerprint density at radius 3 is 2.70 bits per heavy atom. The molecule has 0 aromatic heterocycles. The number of hydrogen-bond donors (Lipinski definition) is 2. The summed E-state index contributed by atoms with van der Waals surface area (Å²) in [5.74, 6) is 0.771. The van der Waals surface area contributed by atoms with Gasteiger partial charge in [0.25, 0.3) is 0 Å². The third-order valence-electron chi connectivity index (χ3n) is 3.45. The summed E-state index contributed by atoms with van der Waals surface area (Å²) in [6, 6.07) is 6.74. The van der Waals surface area contributed by atoms with Crippen LogP contribution in [0.3, 0.4) is 0 Å². The van der Waals surface area contributed by atoms with Crippen LogP contribution < -0.4 is 10.6 Å². The molecule has 0 amide bonds. The minimum absolute atomic E-state index is 0.194. The maximum Gasteiger partial charge on any atom is 0.173 e. The van der Waals surface area contributed by atoms with Crippen LogP contribution in [0.5, 0.6) is 0 Å². The average molecular weight is 293 g/mol. The molecule has 1 aliphatic carbocycles. The fourth-order valence-electron chi connectivity index (χ4n) is 2.46. The number of nitrogens with zero attached hydrogens (tertiary/aromatic N) is 2. The zero-order valence-corrected chi connectivity index (χ0v) is 13.2. The van der Waals surface area contributed by atoms with Gasteiger partial charge in [0.05, 0.1) is 5.56 Å². The van der Waals surface area contributed by atoms with E-state index in [0.717, 1.165) is 22.7 Å². The molecular formula is C15H23N3OS. The Morgan fingerprint density at radius 1 is 1.50 bits per heavy atom. The van der Waals surface area contributed by atoms with Gasteiger partial charge in [-0.15, -0.1) is 11.8 Å². The third-order valence-corrected chi connectivity index (χ3v) is 4.23. The first-order chi connectivity index (χ1) is 9.58. The van der Waals surface area contributed by atoms with Crippen molar-refractivity contribution in [2.75, 3.05) is 17.7 Å². The van der Waals surface area contributed by atoms with Gasteiger partial charge in [-0.25, -0.2) is 0 Å². The van der Waals surface area contributed by atoms with E-state index in [1.54, 1.807) is 11.8 Å². The molecule has 0 unspecified atom stereocenters. The molecule has 1 aromatic rings. The fourth-order valence-corrected chi connectivity index (χ4v) is 3.09. The largest absolute Gasteiger partial charge is 0.409 e. The number of anilines is 1. The van der Waals surface area contributed by atoms with E-state index in [1.807, 2.05) is 18.4 Å². The first kappa shape index (κ1) is 15.0. The number of rotatable bonds is 6. The maximum absolute atomic E-state index is 9.09. The normalized spacial score (nSPS) is 15.7. The number of thioether (sulfide) groups is 1. The molecule has 0 radical (unpaired) electrons. The van der Waals surface area contributed by atoms with E-state index in [0.29, 0.717) is 12.0 Å². The summed E-state index contributed by atoms with van der Waals surface area (Å²) in [5, 5.41) is 12.3. The van der Waals surface area contributed by atoms with Crippen LogP contribution in [0.4, 0.5) is 5.69 Å². The van der Waals surface area contributed by atoms with Crippen LogP contribution in [0, 0.1) is 5.92 Å². The number of hydrogen-bond acceptors (Lipinski definition) is 4. The lowest BCUT2D eigenvalue weighted by Crippen LogP contribution is -2.32. The molecule has 0 aliphatic heterocycles. The molecule has 1 fully saturated rings. The van der Waals surface area contributed by atoms with Gasteiger partial charge >= 0.3 is 0 Å². The van der Waals surface area contributed by atoms with Gasteiger partial charge in [0, 0.05) is 23.2 Å². The van der Waals surface area contributed by atoms with Crippen LogP contribution in [0.25, 0.3) is 0 Å². The smallest absolute Gasteiger partial charge is 0.173 e. The number of benzene rings is 1. The summed E-state index contributed by atoms with van der Waals surface area (Å²) in [6.45, 7) is 5.43. The van der Waals surface area contributed by atoms with Crippen LogP contribution in [-0.2, 0) is 0 Å². The third kappa shape index (κ3) is 3.20. The van der Waals surface area contributed by atoms with Crippen LogP contribution in [0.2, 0.25) is 0 Å². The molecule has 4 nitrogen and oxygen atoms in total. The minimum Gasteiger partial charge on any atom is -0.409 e. The highest BCUT2D eigenvalue weighted by Crippen LogP contribution is 2.37. The van der Waals surface area contributed by atoms with Crippen molar-refractivity contribution in [2.45, 2.75) is 37.6 Å². The van der Waals surface area contributed by atoms with Gasteiger partial charge in [-0.2, -0.15) is 0 Å². The molecule has 0 saturated heterocycles. The van der Waals surface area contributed by atoms with Crippen molar-refractivity contribution in [2.24, 2.45) is 16.8 Å². The predicted octanol–water partition coefficient (Wildman–Crippen LogP) is 3.13. The number of oxime groups is 1. The van der Waals surface area contributed by atoms with Gasteiger partial charge in [0.1, 0.15) is 0 Å². The summed E-state index contributed by atoms with van der Waals surface area (Å²) in [4.78, 5) is 3.46. The monoisotopic (exact) mass is 293 g/mol. The maximum atomic E-state index is 9.09. The van der Waals surface area contributed by atoms with Gasteiger partial charge in [-0.05, 0) is 37.1 Å². The Balaban J connectivity index is 2.47. The van der Waals surface area contributed by atoms with E-state index in [9.17, 15) is 0 Å². The average Bonchev–Trinajstić information content (AvgIpc) is 3.27. The topological polar surface area (TPSA) is 61.8 Å². The molecule has 5 heteroatoms. The molecule has 1 aromatic carbocycles. The highest BCUT2D eigenvalue weighted by atomic mass is 32.2. The SMILES string of the molecule is CSc1cccc(N(CC(C)C)C2CC2)c1/C(N)=N/O. The van der Waals surface area contributed by atoms with E-state index >= 15 is 0 Å². The van der Waals surface area contributed by atoms with E-state index in [1.165, 1.54) is 12.8 Å². The molecule has 0 bridgehead atoms. The van der Waals surface area contributed by atoms with Crippen molar-refractivity contribution in [1.29, 1.82) is 0 Å². The van der Waals surface area contributed by atoms with Gasteiger partial charge < -0.3 is 15.8 Å². The first-order valence-electron chi connectivity index (χ1n) is 7.00. The Kier molecular flexibility index (Phi) is 4.81. The second kappa shape index (κ2) is 6.39. The van der Waals surface area contributed by atoms with Gasteiger partial charge in [-0.1, -0.05) is 25.1 Å². The Bertz CT molecular complexity index is 498. The quantitative estimate of drug-likeness (QED) is 0.278. The van der Waals surface area contributed by atoms with Crippen molar-refractivity contribution in [3.8, 4) is 0 Å². The Hall–Kier alpha value is -1.36. The van der Waals surface area contributed by atoms with E-state index in [4.69, 9.17) is 10.9 Å². The standard InChI is InChI=1S/C15H23N3OS/c1-10(2)9-18(11-7-8-11)12-5-4-6-13(20-3)14(12)15(16)17-19/h4-6,10-11,19H,7-9H2,1-3H3,(H2,16,17). The Morgan fingerprint density at radius 2 is 2.20 bits per heavy atom. The lowest BCUT2D eigenvalue weighted by atomic mass is 10.1. The predicted molar refractivity (Wildman–Crippen MR) is 85.9 cm³/mol. The van der Waals surface area contributed by atoms with Crippen LogP contribution in [0.15, 0.2) is 28.3 Å². The van der Waals surface area contributed by atoms with Crippen molar-refractivity contribution in [3.05, 3.63) is 23.8 Å². The fraction of sp³-hybridized carbons (Fsp3) is 0.533. The van der Waals surface area contributed by atoms with E-state index in [2.05, 4.69) is 30.0 Å². The second-order valence-corrected chi connectivity index (χ2v) is 6.47. The molecule has 1 aliphatic rings. The summed E-state index contributed by atoms with van der Waals surface area (Å²) in [5.41, 5.74) is 7.86. The molecule has 0 heterocycles. The van der Waals surface area contributed by atoms with Crippen molar-refractivity contribution >= 4 is 23.3 Å². The summed E-state index contributed by atoms with van der Waals surface area (Å²) in [6.07, 6.45) is 4.47.